The Hall–Kier alpha value is -3.29. The minimum absolute atomic E-state index is 0.0231. The van der Waals surface area contributed by atoms with Crippen molar-refractivity contribution in [2.45, 2.75) is 0 Å². The van der Waals surface area contributed by atoms with Crippen molar-refractivity contribution in [2.24, 2.45) is 0 Å². The lowest BCUT2D eigenvalue weighted by Crippen LogP contribution is -2.04. The van der Waals surface area contributed by atoms with E-state index in [1.54, 1.807) is 12.1 Å². The molecule has 0 aliphatic carbocycles. The number of carboxylic acids is 1. The third-order valence-electron chi connectivity index (χ3n) is 3.63. The number of halogens is 5. The van der Waals surface area contributed by atoms with Crippen LogP contribution in [-0.2, 0) is 0 Å². The van der Waals surface area contributed by atoms with Gasteiger partial charge in [-0.1, -0.05) is 18.2 Å². The fourth-order valence-corrected chi connectivity index (χ4v) is 2.40. The largest absolute Gasteiger partial charge is 0.478 e. The van der Waals surface area contributed by atoms with Crippen LogP contribution in [-0.4, -0.2) is 16.1 Å². The van der Waals surface area contributed by atoms with E-state index < -0.39 is 40.6 Å². The Morgan fingerprint density at radius 2 is 1.46 bits per heavy atom. The molecule has 0 saturated heterocycles. The summed E-state index contributed by atoms with van der Waals surface area (Å²) in [6.07, 6.45) is 1.62. The molecule has 0 unspecified atom stereocenters. The van der Waals surface area contributed by atoms with E-state index in [1.807, 2.05) is 0 Å². The third-order valence-corrected chi connectivity index (χ3v) is 3.63. The average molecular weight is 365 g/mol. The highest BCUT2D eigenvalue weighted by atomic mass is 19.2. The van der Waals surface area contributed by atoms with Gasteiger partial charge in [-0.3, -0.25) is 0 Å². The Balaban J connectivity index is 2.15. The molecule has 0 saturated carbocycles. The number of carboxylic acid groups (broad SMARTS) is 1. The standard InChI is InChI=1S/C18H8F5NO2/c19-13-10(14(20)16(22)17(23)15(13)21)6-5-8-7-11(18(25)26)9-3-1-2-4-12(9)24-8/h1-7H,(H,25,26)/b6-5+. The number of pyridine rings is 1. The smallest absolute Gasteiger partial charge is 0.336 e. The van der Waals surface area contributed by atoms with Gasteiger partial charge in [-0.2, -0.15) is 0 Å². The van der Waals surface area contributed by atoms with E-state index in [1.165, 1.54) is 12.1 Å². The summed E-state index contributed by atoms with van der Waals surface area (Å²) < 4.78 is 66.8. The van der Waals surface area contributed by atoms with Crippen LogP contribution in [0.4, 0.5) is 22.0 Å². The molecule has 1 aromatic heterocycles. The quantitative estimate of drug-likeness (QED) is 0.412. The predicted octanol–water partition coefficient (Wildman–Crippen LogP) is 4.80. The molecule has 0 fully saturated rings. The van der Waals surface area contributed by atoms with E-state index in [2.05, 4.69) is 4.98 Å². The second-order valence-corrected chi connectivity index (χ2v) is 5.23. The van der Waals surface area contributed by atoms with Gasteiger partial charge in [0.25, 0.3) is 0 Å². The van der Waals surface area contributed by atoms with Gasteiger partial charge in [-0.25, -0.2) is 31.7 Å². The van der Waals surface area contributed by atoms with Crippen LogP contribution in [0.3, 0.4) is 0 Å². The van der Waals surface area contributed by atoms with Crippen LogP contribution in [0.1, 0.15) is 21.6 Å². The van der Waals surface area contributed by atoms with Gasteiger partial charge in [0.15, 0.2) is 23.3 Å². The minimum Gasteiger partial charge on any atom is -0.478 e. The number of benzene rings is 2. The molecule has 0 atom stereocenters. The topological polar surface area (TPSA) is 50.2 Å². The fraction of sp³-hybridized carbons (Fsp3) is 0. The first kappa shape index (κ1) is 17.5. The SMILES string of the molecule is O=C(O)c1cc(/C=C/c2c(F)c(F)c(F)c(F)c2F)nc2ccccc12. The highest BCUT2D eigenvalue weighted by molar-refractivity contribution is 6.03. The second kappa shape index (κ2) is 6.55. The van der Waals surface area contributed by atoms with Crippen molar-refractivity contribution in [1.29, 1.82) is 0 Å². The van der Waals surface area contributed by atoms with Crippen LogP contribution < -0.4 is 0 Å². The van der Waals surface area contributed by atoms with E-state index in [0.29, 0.717) is 17.0 Å². The molecule has 0 radical (unpaired) electrons. The summed E-state index contributed by atoms with van der Waals surface area (Å²) in [7, 11) is 0. The summed E-state index contributed by atoms with van der Waals surface area (Å²) in [6, 6.07) is 7.41. The van der Waals surface area contributed by atoms with E-state index >= 15 is 0 Å². The molecule has 0 spiro atoms. The second-order valence-electron chi connectivity index (χ2n) is 5.23. The molecule has 3 nitrogen and oxygen atoms in total. The van der Waals surface area contributed by atoms with Crippen LogP contribution in [0.5, 0.6) is 0 Å². The first-order valence-electron chi connectivity index (χ1n) is 7.14. The number of hydrogen-bond acceptors (Lipinski definition) is 2. The minimum atomic E-state index is -2.26. The van der Waals surface area contributed by atoms with Gasteiger partial charge in [0.1, 0.15) is 0 Å². The molecule has 8 heteroatoms. The number of fused-ring (bicyclic) bond motifs is 1. The Bertz CT molecular complexity index is 1050. The lowest BCUT2D eigenvalue weighted by atomic mass is 10.1. The monoisotopic (exact) mass is 365 g/mol. The van der Waals surface area contributed by atoms with Crippen molar-refractivity contribution in [1.82, 2.24) is 4.98 Å². The van der Waals surface area contributed by atoms with E-state index in [0.717, 1.165) is 12.1 Å². The lowest BCUT2D eigenvalue weighted by molar-refractivity contribution is 0.0699. The number of hydrogen-bond donors (Lipinski definition) is 1. The van der Waals surface area contributed by atoms with Crippen LogP contribution in [0.25, 0.3) is 23.1 Å². The number of rotatable bonds is 3. The molecule has 0 amide bonds. The number of para-hydroxylation sites is 1. The van der Waals surface area contributed by atoms with E-state index in [4.69, 9.17) is 0 Å². The van der Waals surface area contributed by atoms with Crippen molar-refractivity contribution in [2.75, 3.05) is 0 Å². The molecule has 0 aliphatic rings. The molecule has 26 heavy (non-hydrogen) atoms. The molecule has 0 bridgehead atoms. The van der Waals surface area contributed by atoms with Gasteiger partial charge in [0.2, 0.25) is 5.82 Å². The zero-order valence-electron chi connectivity index (χ0n) is 12.7. The van der Waals surface area contributed by atoms with Crippen LogP contribution in [0.2, 0.25) is 0 Å². The number of nitrogens with zero attached hydrogens (tertiary/aromatic N) is 1. The molecule has 132 valence electrons. The van der Waals surface area contributed by atoms with E-state index in [9.17, 15) is 31.9 Å². The van der Waals surface area contributed by atoms with Crippen molar-refractivity contribution in [3.8, 4) is 0 Å². The fourth-order valence-electron chi connectivity index (χ4n) is 2.40. The first-order chi connectivity index (χ1) is 12.3. The van der Waals surface area contributed by atoms with Gasteiger partial charge in [0.05, 0.1) is 22.3 Å². The maximum absolute atomic E-state index is 13.7. The molecule has 2 aromatic carbocycles. The molecular formula is C18H8F5NO2. The first-order valence-corrected chi connectivity index (χ1v) is 7.14. The number of aromatic nitrogens is 1. The van der Waals surface area contributed by atoms with Gasteiger partial charge < -0.3 is 5.11 Å². The third kappa shape index (κ3) is 2.90. The Labute approximate surface area is 143 Å². The Morgan fingerprint density at radius 1 is 0.885 bits per heavy atom. The normalized spacial score (nSPS) is 11.4. The summed E-state index contributed by atoms with van der Waals surface area (Å²) in [4.78, 5) is 15.5. The Morgan fingerprint density at radius 3 is 2.08 bits per heavy atom. The van der Waals surface area contributed by atoms with Crippen molar-refractivity contribution < 1.29 is 31.9 Å². The average Bonchev–Trinajstić information content (AvgIpc) is 2.64. The summed E-state index contributed by atoms with van der Waals surface area (Å²) in [5, 5.41) is 9.61. The molecule has 3 aromatic rings. The maximum Gasteiger partial charge on any atom is 0.336 e. The summed E-state index contributed by atoms with van der Waals surface area (Å²) in [5.74, 6) is -11.6. The van der Waals surface area contributed by atoms with Gasteiger partial charge in [-0.05, 0) is 24.3 Å². The molecule has 3 rings (SSSR count). The van der Waals surface area contributed by atoms with Crippen molar-refractivity contribution in [3.63, 3.8) is 0 Å². The Kier molecular flexibility index (Phi) is 4.41. The van der Waals surface area contributed by atoms with E-state index in [-0.39, 0.29) is 11.3 Å². The van der Waals surface area contributed by atoms with Crippen molar-refractivity contribution >= 4 is 29.0 Å². The van der Waals surface area contributed by atoms with Crippen LogP contribution in [0, 0.1) is 29.1 Å². The maximum atomic E-state index is 13.7. The molecule has 0 aliphatic heterocycles. The number of carbonyl (C=O) groups is 1. The highest BCUT2D eigenvalue weighted by Crippen LogP contribution is 2.25. The lowest BCUT2D eigenvalue weighted by Gasteiger charge is -2.05. The molecule has 1 heterocycles. The van der Waals surface area contributed by atoms with Crippen LogP contribution >= 0.6 is 0 Å². The number of aromatic carboxylic acids is 1. The molecular weight excluding hydrogens is 357 g/mol. The van der Waals surface area contributed by atoms with Crippen LogP contribution in [0.15, 0.2) is 30.3 Å². The zero-order chi connectivity index (χ0) is 19.0. The summed E-state index contributed by atoms with van der Waals surface area (Å²) in [5.41, 5.74) is -0.990. The molecule has 1 N–H and O–H groups in total. The highest BCUT2D eigenvalue weighted by Gasteiger charge is 2.24. The predicted molar refractivity (Wildman–Crippen MR) is 83.9 cm³/mol. The van der Waals surface area contributed by atoms with Crippen molar-refractivity contribution in [3.05, 3.63) is 76.2 Å². The van der Waals surface area contributed by atoms with Gasteiger partial charge in [-0.15, -0.1) is 0 Å². The summed E-state index contributed by atoms with van der Waals surface area (Å²) in [6.45, 7) is 0. The summed E-state index contributed by atoms with van der Waals surface area (Å²) >= 11 is 0. The van der Waals surface area contributed by atoms with Gasteiger partial charge >= 0.3 is 5.97 Å². The zero-order valence-corrected chi connectivity index (χ0v) is 12.7. The van der Waals surface area contributed by atoms with Gasteiger partial charge in [0, 0.05) is 5.39 Å².